The lowest BCUT2D eigenvalue weighted by molar-refractivity contribution is -0.124. The van der Waals surface area contributed by atoms with Crippen molar-refractivity contribution in [3.8, 4) is 17.3 Å². The molecule has 2 fully saturated rings. The van der Waals surface area contributed by atoms with E-state index >= 15 is 0 Å². The van der Waals surface area contributed by atoms with E-state index in [0.717, 1.165) is 17.5 Å². The average Bonchev–Trinajstić information content (AvgIpc) is 3.15. The molecule has 8 nitrogen and oxygen atoms in total. The summed E-state index contributed by atoms with van der Waals surface area (Å²) in [6.45, 7) is -0.0557. The van der Waals surface area contributed by atoms with Gasteiger partial charge in [-0.15, -0.1) is 0 Å². The second-order valence-corrected chi connectivity index (χ2v) is 7.36. The van der Waals surface area contributed by atoms with E-state index in [1.165, 1.54) is 12.4 Å². The van der Waals surface area contributed by atoms with Crippen molar-refractivity contribution >= 4 is 17.2 Å². The summed E-state index contributed by atoms with van der Waals surface area (Å²) in [4.78, 5) is 19.7. The van der Waals surface area contributed by atoms with Crippen LogP contribution in [0.2, 0.25) is 0 Å². The van der Waals surface area contributed by atoms with Crippen LogP contribution in [-0.4, -0.2) is 36.8 Å². The molecule has 5 rings (SSSR count). The van der Waals surface area contributed by atoms with E-state index in [0.29, 0.717) is 29.1 Å². The van der Waals surface area contributed by atoms with Crippen molar-refractivity contribution in [1.82, 2.24) is 24.4 Å². The third kappa shape index (κ3) is 2.14. The number of carbonyl (C=O) groups excluding carboxylic acids is 1. The molecule has 0 N–H and O–H groups in total. The molecule has 0 unspecified atom stereocenters. The van der Waals surface area contributed by atoms with Crippen LogP contribution in [0.4, 0.5) is 5.82 Å². The number of aromatic nitrogens is 5. The van der Waals surface area contributed by atoms with Crippen LogP contribution in [0.1, 0.15) is 23.9 Å². The molecule has 1 aliphatic heterocycles. The van der Waals surface area contributed by atoms with Crippen molar-refractivity contribution in [2.45, 2.75) is 19.8 Å². The molecule has 0 radical (unpaired) electrons. The van der Waals surface area contributed by atoms with Gasteiger partial charge in [0.1, 0.15) is 10.9 Å². The van der Waals surface area contributed by atoms with E-state index in [1.54, 1.807) is 27.9 Å². The Hall–Kier alpha value is -3.21. The van der Waals surface area contributed by atoms with Crippen molar-refractivity contribution < 1.29 is 8.91 Å². The molecule has 1 aliphatic carbocycles. The van der Waals surface area contributed by atoms with E-state index < -0.39 is 12.4 Å². The summed E-state index contributed by atoms with van der Waals surface area (Å²) in [7, 11) is 0. The molecule has 136 valence electrons. The molecule has 8 heteroatoms. The number of hydrogen-bond donors (Lipinski definition) is 0. The largest absolute Gasteiger partial charge is 0.293 e. The standard InChI is InChI=1S/C19H19N7O/c1-12-8-25(18(27)19(12,11-20)14-3-4-14)17-16-5-6-21-26(16)10-15(23-17)13-7-22-24(2)9-13/h5-7,9-10,12,14H,3-4,8H2,1-2H3/t12-,19+/m1/s1/i2D3. The zero-order chi connectivity index (χ0) is 21.3. The van der Waals surface area contributed by atoms with Gasteiger partial charge in [-0.3, -0.25) is 14.4 Å². The highest BCUT2D eigenvalue weighted by Crippen LogP contribution is 2.54. The molecule has 3 aromatic heterocycles. The Morgan fingerprint density at radius 2 is 2.22 bits per heavy atom. The van der Waals surface area contributed by atoms with Crippen molar-refractivity contribution in [1.29, 1.82) is 5.26 Å². The third-order valence-corrected chi connectivity index (χ3v) is 5.74. The number of carbonyl (C=O) groups is 1. The van der Waals surface area contributed by atoms with E-state index in [1.807, 2.05) is 6.92 Å². The molecule has 4 heterocycles. The van der Waals surface area contributed by atoms with Gasteiger partial charge in [-0.05, 0) is 24.8 Å². The second-order valence-electron chi connectivity index (χ2n) is 7.36. The maximum atomic E-state index is 13.4. The normalized spacial score (nSPS) is 27.4. The Morgan fingerprint density at radius 1 is 1.37 bits per heavy atom. The number of fused-ring (bicyclic) bond motifs is 1. The van der Waals surface area contributed by atoms with Gasteiger partial charge in [0, 0.05) is 35.3 Å². The molecular formula is C19H19N7O. The smallest absolute Gasteiger partial charge is 0.249 e. The van der Waals surface area contributed by atoms with Gasteiger partial charge in [0.25, 0.3) is 0 Å². The molecule has 3 aromatic rings. The summed E-state index contributed by atoms with van der Waals surface area (Å²) >= 11 is 0. The van der Waals surface area contributed by atoms with Gasteiger partial charge in [-0.1, -0.05) is 6.92 Å². The van der Waals surface area contributed by atoms with Gasteiger partial charge >= 0.3 is 0 Å². The third-order valence-electron chi connectivity index (χ3n) is 5.74. The zero-order valence-electron chi connectivity index (χ0n) is 17.7. The quantitative estimate of drug-likeness (QED) is 0.709. The summed E-state index contributed by atoms with van der Waals surface area (Å²) in [5.41, 5.74) is 0.573. The molecule has 2 atom stereocenters. The van der Waals surface area contributed by atoms with Crippen LogP contribution in [0.25, 0.3) is 16.8 Å². The summed E-state index contributed by atoms with van der Waals surface area (Å²) in [5, 5.41) is 18.1. The van der Waals surface area contributed by atoms with Gasteiger partial charge in [0.2, 0.25) is 5.91 Å². The number of rotatable bonds is 3. The molecule has 1 saturated carbocycles. The predicted molar refractivity (Wildman–Crippen MR) is 97.5 cm³/mol. The topological polar surface area (TPSA) is 92.1 Å². The predicted octanol–water partition coefficient (Wildman–Crippen LogP) is 2.03. The van der Waals surface area contributed by atoms with Crippen LogP contribution >= 0.6 is 0 Å². The Balaban J connectivity index is 1.62. The first-order chi connectivity index (χ1) is 14.3. The van der Waals surface area contributed by atoms with Crippen LogP contribution in [-0.2, 0) is 11.8 Å². The number of nitriles is 1. The molecule has 2 aliphatic rings. The SMILES string of the molecule is [2H]C([2H])([2H])n1cc(-c2cn3nccc3c(N3C[C@@H](C)[C@@](C#N)(C4CC4)C3=O)n2)cn1. The number of nitrogens with zero attached hydrogens (tertiary/aromatic N) is 7. The van der Waals surface area contributed by atoms with E-state index in [2.05, 4.69) is 21.3 Å². The van der Waals surface area contributed by atoms with Crippen LogP contribution in [0, 0.1) is 28.6 Å². The van der Waals surface area contributed by atoms with Crippen molar-refractivity contribution in [2.24, 2.45) is 24.2 Å². The minimum absolute atomic E-state index is 0.0941. The highest BCUT2D eigenvalue weighted by molar-refractivity contribution is 6.04. The molecule has 0 bridgehead atoms. The van der Waals surface area contributed by atoms with Gasteiger partial charge in [-0.2, -0.15) is 15.5 Å². The number of anilines is 1. The lowest BCUT2D eigenvalue weighted by Crippen LogP contribution is -2.37. The Bertz CT molecular complexity index is 1200. The molecule has 0 spiro atoms. The van der Waals surface area contributed by atoms with Crippen LogP contribution in [0.3, 0.4) is 0 Å². The van der Waals surface area contributed by atoms with Crippen LogP contribution in [0.5, 0.6) is 0 Å². The molecule has 1 amide bonds. The van der Waals surface area contributed by atoms with E-state index in [9.17, 15) is 10.1 Å². The summed E-state index contributed by atoms with van der Waals surface area (Å²) in [5.74, 6) is 0.179. The van der Waals surface area contributed by atoms with Gasteiger partial charge in [-0.25, -0.2) is 9.50 Å². The average molecular weight is 364 g/mol. The number of aryl methyl sites for hydroxylation is 1. The zero-order valence-corrected chi connectivity index (χ0v) is 14.7. The molecule has 0 aromatic carbocycles. The fourth-order valence-corrected chi connectivity index (χ4v) is 4.19. The van der Waals surface area contributed by atoms with Gasteiger partial charge in [0.15, 0.2) is 5.82 Å². The number of amides is 1. The lowest BCUT2D eigenvalue weighted by atomic mass is 9.75. The monoisotopic (exact) mass is 364 g/mol. The minimum Gasteiger partial charge on any atom is -0.293 e. The molecule has 27 heavy (non-hydrogen) atoms. The fourth-order valence-electron chi connectivity index (χ4n) is 4.19. The second kappa shape index (κ2) is 5.39. The summed E-state index contributed by atoms with van der Waals surface area (Å²) in [6, 6.07) is 4.09. The maximum absolute atomic E-state index is 13.4. The molecule has 1 saturated heterocycles. The van der Waals surface area contributed by atoms with Crippen LogP contribution in [0.15, 0.2) is 30.9 Å². The van der Waals surface area contributed by atoms with Crippen molar-refractivity contribution in [2.75, 3.05) is 11.4 Å². The fraction of sp³-hybridized carbons (Fsp3) is 0.421. The summed E-state index contributed by atoms with van der Waals surface area (Å²) in [6.07, 6.45) is 7.88. The molecular weight excluding hydrogens is 342 g/mol. The Morgan fingerprint density at radius 3 is 2.93 bits per heavy atom. The van der Waals surface area contributed by atoms with Crippen molar-refractivity contribution in [3.63, 3.8) is 0 Å². The number of hydrogen-bond acceptors (Lipinski definition) is 5. The van der Waals surface area contributed by atoms with Gasteiger partial charge in [0.05, 0.1) is 30.4 Å². The summed E-state index contributed by atoms with van der Waals surface area (Å²) < 4.78 is 25.0. The highest BCUT2D eigenvalue weighted by atomic mass is 16.2. The van der Waals surface area contributed by atoms with E-state index in [-0.39, 0.29) is 17.7 Å². The Labute approximate surface area is 160 Å². The van der Waals surface area contributed by atoms with Crippen molar-refractivity contribution in [3.05, 3.63) is 30.9 Å². The minimum atomic E-state index is -2.39. The lowest BCUT2D eigenvalue weighted by Gasteiger charge is -2.23. The highest BCUT2D eigenvalue weighted by Gasteiger charge is 2.61. The first kappa shape index (κ1) is 13.0. The van der Waals surface area contributed by atoms with Gasteiger partial charge < -0.3 is 0 Å². The maximum Gasteiger partial charge on any atom is 0.249 e. The Kier molecular flexibility index (Phi) is 2.60. The first-order valence-corrected chi connectivity index (χ1v) is 8.89. The van der Waals surface area contributed by atoms with E-state index in [4.69, 9.17) is 4.11 Å². The van der Waals surface area contributed by atoms with Crippen LogP contribution < -0.4 is 4.90 Å². The first-order valence-electron chi connectivity index (χ1n) is 10.4.